The molecule has 0 spiro atoms. The molecule has 2 aromatic heterocycles. The number of piperidine rings is 1. The van der Waals surface area contributed by atoms with Crippen molar-refractivity contribution in [2.75, 3.05) is 32.6 Å². The Hall–Kier alpha value is -4.70. The first-order valence-electron chi connectivity index (χ1n) is 13.3. The van der Waals surface area contributed by atoms with Gasteiger partial charge >= 0.3 is 0 Å². The molecule has 0 radical (unpaired) electrons. The number of likely N-dealkylation sites (tertiary alicyclic amines) is 1. The number of carbonyl (C=O) groups is 1. The number of anilines is 2. The second kappa shape index (κ2) is 11.4. The van der Waals surface area contributed by atoms with Crippen molar-refractivity contribution in [3.63, 3.8) is 0 Å². The van der Waals surface area contributed by atoms with Crippen molar-refractivity contribution >= 4 is 49.9 Å². The van der Waals surface area contributed by atoms with Crippen LogP contribution in [0.4, 0.5) is 11.5 Å². The predicted octanol–water partition coefficient (Wildman–Crippen LogP) is 6.22. The van der Waals surface area contributed by atoms with Crippen LogP contribution in [0.15, 0.2) is 73.0 Å². The molecule has 0 atom stereocenters. The molecule has 208 valence electrons. The molecule has 10 heteroatoms. The summed E-state index contributed by atoms with van der Waals surface area (Å²) in [5, 5.41) is 4.24. The van der Waals surface area contributed by atoms with Gasteiger partial charge in [0.15, 0.2) is 11.5 Å². The van der Waals surface area contributed by atoms with Crippen LogP contribution in [0.3, 0.4) is 0 Å². The number of hydrogen-bond acceptors (Lipinski definition) is 9. The van der Waals surface area contributed by atoms with Gasteiger partial charge in [0.25, 0.3) is 0 Å². The number of aromatic nitrogens is 3. The summed E-state index contributed by atoms with van der Waals surface area (Å²) in [6.45, 7) is 4.82. The summed E-state index contributed by atoms with van der Waals surface area (Å²) in [5.41, 5.74) is 6.45. The molecule has 1 fully saturated rings. The molecular weight excluding hydrogens is 538 g/mol. The molecule has 9 nitrogen and oxygen atoms in total. The fourth-order valence-corrected chi connectivity index (χ4v) is 5.78. The molecule has 1 amide bonds. The van der Waals surface area contributed by atoms with Gasteiger partial charge in [-0.25, -0.2) is 15.0 Å². The Bertz CT molecular complexity index is 1750. The fraction of sp³-hybridized carbons (Fsp3) is 0.226. The normalized spacial score (nSPS) is 13.8. The lowest BCUT2D eigenvalue weighted by molar-refractivity contribution is -0.127. The zero-order valence-electron chi connectivity index (χ0n) is 22.8. The minimum atomic E-state index is -0.0526. The van der Waals surface area contributed by atoms with Gasteiger partial charge in [-0.1, -0.05) is 18.7 Å². The monoisotopic (exact) mass is 567 g/mol. The van der Waals surface area contributed by atoms with Crippen LogP contribution in [0.1, 0.15) is 12.8 Å². The number of methoxy groups -OCH3 is 2. The number of nitrogens with one attached hydrogen (secondary N) is 1. The van der Waals surface area contributed by atoms with Crippen molar-refractivity contribution in [1.29, 1.82) is 0 Å². The number of amides is 1. The second-order valence-electron chi connectivity index (χ2n) is 9.66. The third-order valence-electron chi connectivity index (χ3n) is 7.26. The first kappa shape index (κ1) is 26.5. The van der Waals surface area contributed by atoms with Gasteiger partial charge in [0, 0.05) is 37.4 Å². The van der Waals surface area contributed by atoms with Gasteiger partial charge in [-0.15, -0.1) is 11.3 Å². The van der Waals surface area contributed by atoms with E-state index in [1.165, 1.54) is 12.4 Å². The zero-order valence-corrected chi connectivity index (χ0v) is 23.6. The smallest absolute Gasteiger partial charge is 0.245 e. The zero-order chi connectivity index (χ0) is 28.3. The summed E-state index contributed by atoms with van der Waals surface area (Å²) in [7, 11) is 3.26. The third kappa shape index (κ3) is 5.38. The Morgan fingerprint density at radius 3 is 2.51 bits per heavy atom. The standard InChI is InChI=1S/C31H29N5O4S/c1-4-30(37)36-11-9-21(10-12-36)40-28-15-22-24(16-27(28)39-3)32-17-33-31(22)35-25-13-19(6-8-26(25)38-2)20-5-7-23-29(14-20)41-18-34-23/h4-8,13-18,21H,1,9-12H2,2-3H3,(H,32,33,35). The van der Waals surface area contributed by atoms with Crippen molar-refractivity contribution in [2.24, 2.45) is 0 Å². The van der Waals surface area contributed by atoms with E-state index in [0.717, 1.165) is 32.4 Å². The van der Waals surface area contributed by atoms with E-state index < -0.39 is 0 Å². The largest absolute Gasteiger partial charge is 0.495 e. The van der Waals surface area contributed by atoms with Crippen molar-refractivity contribution in [3.8, 4) is 28.4 Å². The van der Waals surface area contributed by atoms with Crippen LogP contribution in [0.25, 0.3) is 32.2 Å². The Morgan fingerprint density at radius 1 is 0.951 bits per heavy atom. The Balaban J connectivity index is 1.31. The van der Waals surface area contributed by atoms with Crippen molar-refractivity contribution in [1.82, 2.24) is 19.9 Å². The highest BCUT2D eigenvalue weighted by Crippen LogP contribution is 2.38. The number of fused-ring (bicyclic) bond motifs is 2. The summed E-state index contributed by atoms with van der Waals surface area (Å²) in [5.74, 6) is 2.44. The molecule has 1 N–H and O–H groups in total. The number of rotatable bonds is 8. The molecular formula is C31H29N5O4S. The number of nitrogens with zero attached hydrogens (tertiary/aromatic N) is 4. The molecule has 3 aromatic carbocycles. The van der Waals surface area contributed by atoms with Gasteiger partial charge < -0.3 is 24.4 Å². The first-order chi connectivity index (χ1) is 20.1. The maximum absolute atomic E-state index is 12.0. The topological polar surface area (TPSA) is 98.7 Å². The lowest BCUT2D eigenvalue weighted by atomic mass is 10.0. The lowest BCUT2D eigenvalue weighted by Gasteiger charge is -2.31. The summed E-state index contributed by atoms with van der Waals surface area (Å²) < 4.78 is 18.9. The number of carbonyl (C=O) groups excluding carboxylic acids is 1. The molecule has 41 heavy (non-hydrogen) atoms. The maximum Gasteiger partial charge on any atom is 0.245 e. The van der Waals surface area contributed by atoms with Crippen molar-refractivity contribution < 1.29 is 19.0 Å². The summed E-state index contributed by atoms with van der Waals surface area (Å²) in [6.07, 6.45) is 4.25. The summed E-state index contributed by atoms with van der Waals surface area (Å²) >= 11 is 1.62. The molecule has 1 aliphatic heterocycles. The minimum absolute atomic E-state index is 0.0519. The number of benzene rings is 3. The van der Waals surface area contributed by atoms with Gasteiger partial charge in [-0.2, -0.15) is 0 Å². The first-order valence-corrected chi connectivity index (χ1v) is 14.1. The van der Waals surface area contributed by atoms with E-state index in [9.17, 15) is 4.79 Å². The molecule has 1 aliphatic rings. The van der Waals surface area contributed by atoms with Crippen LogP contribution in [-0.2, 0) is 4.79 Å². The molecule has 0 aliphatic carbocycles. The van der Waals surface area contributed by atoms with Gasteiger partial charge in [0.05, 0.1) is 41.2 Å². The van der Waals surface area contributed by atoms with Crippen LogP contribution < -0.4 is 19.5 Å². The second-order valence-corrected chi connectivity index (χ2v) is 10.6. The van der Waals surface area contributed by atoms with Crippen LogP contribution in [0.5, 0.6) is 17.2 Å². The molecule has 1 saturated heterocycles. The highest BCUT2D eigenvalue weighted by Gasteiger charge is 2.24. The van der Waals surface area contributed by atoms with E-state index in [-0.39, 0.29) is 12.0 Å². The van der Waals surface area contributed by atoms with E-state index in [0.29, 0.717) is 54.5 Å². The average molecular weight is 568 g/mol. The Kier molecular flexibility index (Phi) is 7.39. The number of hydrogen-bond donors (Lipinski definition) is 1. The van der Waals surface area contributed by atoms with E-state index in [1.54, 1.807) is 30.5 Å². The highest BCUT2D eigenvalue weighted by molar-refractivity contribution is 7.16. The SMILES string of the molecule is C=CC(=O)N1CCC(Oc2cc3c(Nc4cc(-c5ccc6ncsc6c5)ccc4OC)ncnc3cc2OC)CC1. The van der Waals surface area contributed by atoms with Crippen LogP contribution in [0, 0.1) is 0 Å². The third-order valence-corrected chi connectivity index (χ3v) is 8.05. The van der Waals surface area contributed by atoms with Gasteiger partial charge in [0.1, 0.15) is 24.0 Å². The minimum Gasteiger partial charge on any atom is -0.495 e. The maximum atomic E-state index is 12.0. The summed E-state index contributed by atoms with van der Waals surface area (Å²) in [6, 6.07) is 16.0. The highest BCUT2D eigenvalue weighted by atomic mass is 32.1. The van der Waals surface area contributed by atoms with E-state index in [2.05, 4.69) is 39.0 Å². The van der Waals surface area contributed by atoms with E-state index in [1.807, 2.05) is 41.9 Å². The van der Waals surface area contributed by atoms with Gasteiger partial charge in [-0.3, -0.25) is 4.79 Å². The summed E-state index contributed by atoms with van der Waals surface area (Å²) in [4.78, 5) is 27.2. The van der Waals surface area contributed by atoms with Crippen molar-refractivity contribution in [3.05, 3.63) is 73.0 Å². The molecule has 5 aromatic rings. The van der Waals surface area contributed by atoms with Crippen molar-refractivity contribution in [2.45, 2.75) is 18.9 Å². The molecule has 6 rings (SSSR count). The molecule has 0 unspecified atom stereocenters. The molecule has 0 saturated carbocycles. The van der Waals surface area contributed by atoms with E-state index in [4.69, 9.17) is 14.2 Å². The number of ether oxygens (including phenoxy) is 3. The van der Waals surface area contributed by atoms with Crippen LogP contribution in [-0.4, -0.2) is 59.2 Å². The molecule has 3 heterocycles. The lowest BCUT2D eigenvalue weighted by Crippen LogP contribution is -2.41. The molecule has 0 bridgehead atoms. The predicted molar refractivity (Wildman–Crippen MR) is 161 cm³/mol. The van der Waals surface area contributed by atoms with Gasteiger partial charge in [-0.05, 0) is 47.5 Å². The number of thiazole rings is 1. The quantitative estimate of drug-likeness (QED) is 0.221. The van der Waals surface area contributed by atoms with Gasteiger partial charge in [0.2, 0.25) is 5.91 Å². The van der Waals surface area contributed by atoms with Crippen LogP contribution >= 0.6 is 11.3 Å². The Morgan fingerprint density at radius 2 is 1.73 bits per heavy atom. The average Bonchev–Trinajstić information content (AvgIpc) is 3.49. The van der Waals surface area contributed by atoms with Crippen LogP contribution in [0.2, 0.25) is 0 Å². The fourth-order valence-electron chi connectivity index (χ4n) is 5.07. The Labute approximate surface area is 241 Å². The van der Waals surface area contributed by atoms with E-state index >= 15 is 0 Å².